The van der Waals surface area contributed by atoms with E-state index < -0.39 is 0 Å². The number of fused-ring (bicyclic) bond motifs is 1. The van der Waals surface area contributed by atoms with Gasteiger partial charge in [-0.2, -0.15) is 0 Å². The number of rotatable bonds is 3. The third-order valence-corrected chi connectivity index (χ3v) is 3.30. The molecule has 1 atom stereocenters. The fraction of sp³-hybridized carbons (Fsp3) is 0.267. The second-order valence-corrected chi connectivity index (χ2v) is 4.57. The fourth-order valence-corrected chi connectivity index (χ4v) is 2.39. The van der Waals surface area contributed by atoms with Gasteiger partial charge in [-0.1, -0.05) is 24.3 Å². The first kappa shape index (κ1) is 11.2. The van der Waals surface area contributed by atoms with Gasteiger partial charge >= 0.3 is 0 Å². The molecule has 0 amide bonds. The van der Waals surface area contributed by atoms with Crippen LogP contribution in [0, 0.1) is 0 Å². The number of hydrogen-bond donors (Lipinski definition) is 1. The van der Waals surface area contributed by atoms with Crippen molar-refractivity contribution in [2.75, 3.05) is 6.61 Å². The lowest BCUT2D eigenvalue weighted by Crippen LogP contribution is -2.15. The summed E-state index contributed by atoms with van der Waals surface area (Å²) in [6, 6.07) is 12.1. The van der Waals surface area contributed by atoms with E-state index in [-0.39, 0.29) is 6.04 Å². The first-order valence-corrected chi connectivity index (χ1v) is 6.24. The lowest BCUT2D eigenvalue weighted by Gasteiger charge is -2.15. The highest BCUT2D eigenvalue weighted by molar-refractivity contribution is 5.45. The summed E-state index contributed by atoms with van der Waals surface area (Å²) in [7, 11) is 0. The van der Waals surface area contributed by atoms with E-state index in [1.807, 2.05) is 18.2 Å². The van der Waals surface area contributed by atoms with Crippen LogP contribution in [0.3, 0.4) is 0 Å². The second kappa shape index (κ2) is 4.78. The van der Waals surface area contributed by atoms with E-state index in [1.165, 1.54) is 5.56 Å². The summed E-state index contributed by atoms with van der Waals surface area (Å²) in [6.07, 6.45) is 3.52. The number of nitrogens with zero attached hydrogens (tertiary/aromatic N) is 1. The Balaban J connectivity index is 1.85. The van der Waals surface area contributed by atoms with E-state index in [0.29, 0.717) is 0 Å². The minimum atomic E-state index is -0.0621. The molecule has 1 aromatic heterocycles. The Morgan fingerprint density at radius 3 is 3.00 bits per heavy atom. The molecule has 92 valence electrons. The number of pyridine rings is 1. The maximum absolute atomic E-state index is 6.28. The molecule has 3 rings (SSSR count). The van der Waals surface area contributed by atoms with Gasteiger partial charge in [-0.25, -0.2) is 0 Å². The Morgan fingerprint density at radius 1 is 1.22 bits per heavy atom. The minimum absolute atomic E-state index is 0.0621. The number of benzene rings is 1. The fourth-order valence-electron chi connectivity index (χ4n) is 2.39. The monoisotopic (exact) mass is 240 g/mol. The standard InChI is InChI=1S/C15H16N2O/c16-14(10-12-5-1-2-8-17-12)13-6-3-4-11-7-9-18-15(11)13/h1-6,8,14H,7,9-10,16H2. The first-order valence-electron chi connectivity index (χ1n) is 6.24. The summed E-state index contributed by atoms with van der Waals surface area (Å²) in [5.74, 6) is 0.987. The molecular weight excluding hydrogens is 224 g/mol. The lowest BCUT2D eigenvalue weighted by atomic mass is 9.99. The van der Waals surface area contributed by atoms with Gasteiger partial charge < -0.3 is 10.5 Å². The van der Waals surface area contributed by atoms with Crippen molar-refractivity contribution in [1.29, 1.82) is 0 Å². The van der Waals surface area contributed by atoms with Crippen molar-refractivity contribution in [3.63, 3.8) is 0 Å². The van der Waals surface area contributed by atoms with Gasteiger partial charge in [0.2, 0.25) is 0 Å². The molecule has 1 aliphatic rings. The molecule has 2 aromatic rings. The van der Waals surface area contributed by atoms with Crippen molar-refractivity contribution in [1.82, 2.24) is 4.98 Å². The first-order chi connectivity index (χ1) is 8.84. The van der Waals surface area contributed by atoms with E-state index in [9.17, 15) is 0 Å². The Labute approximate surface area is 107 Å². The average molecular weight is 240 g/mol. The van der Waals surface area contributed by atoms with Crippen LogP contribution >= 0.6 is 0 Å². The summed E-state index contributed by atoms with van der Waals surface area (Å²) >= 11 is 0. The molecule has 18 heavy (non-hydrogen) atoms. The zero-order valence-electron chi connectivity index (χ0n) is 10.2. The van der Waals surface area contributed by atoms with Gasteiger partial charge in [0.05, 0.1) is 6.61 Å². The molecule has 2 heterocycles. The topological polar surface area (TPSA) is 48.1 Å². The van der Waals surface area contributed by atoms with Crippen LogP contribution in [0.1, 0.15) is 22.9 Å². The normalized spacial score (nSPS) is 14.9. The molecule has 0 saturated carbocycles. The molecule has 0 fully saturated rings. The van der Waals surface area contributed by atoms with Crippen LogP contribution in [0.5, 0.6) is 5.75 Å². The largest absolute Gasteiger partial charge is 0.493 e. The SMILES string of the molecule is NC(Cc1ccccn1)c1cccc2c1OCC2. The quantitative estimate of drug-likeness (QED) is 0.895. The average Bonchev–Trinajstić information content (AvgIpc) is 2.87. The molecule has 3 nitrogen and oxygen atoms in total. The number of para-hydroxylation sites is 1. The zero-order valence-corrected chi connectivity index (χ0v) is 10.2. The van der Waals surface area contributed by atoms with Crippen molar-refractivity contribution in [3.05, 3.63) is 59.4 Å². The third kappa shape index (κ3) is 2.09. The van der Waals surface area contributed by atoms with Gasteiger partial charge in [0.15, 0.2) is 0 Å². The zero-order chi connectivity index (χ0) is 12.4. The van der Waals surface area contributed by atoms with Crippen molar-refractivity contribution < 1.29 is 4.74 Å². The summed E-state index contributed by atoms with van der Waals surface area (Å²) < 4.78 is 5.69. The van der Waals surface area contributed by atoms with Crippen molar-refractivity contribution in [2.45, 2.75) is 18.9 Å². The van der Waals surface area contributed by atoms with Crippen LogP contribution in [0.2, 0.25) is 0 Å². The summed E-state index contributed by atoms with van der Waals surface area (Å²) in [4.78, 5) is 4.32. The van der Waals surface area contributed by atoms with Crippen molar-refractivity contribution in [3.8, 4) is 5.75 Å². The molecule has 2 N–H and O–H groups in total. The smallest absolute Gasteiger partial charge is 0.127 e. The molecule has 1 unspecified atom stereocenters. The van der Waals surface area contributed by atoms with Gasteiger partial charge in [0.1, 0.15) is 5.75 Å². The van der Waals surface area contributed by atoms with Crippen molar-refractivity contribution >= 4 is 0 Å². The highest BCUT2D eigenvalue weighted by Gasteiger charge is 2.20. The third-order valence-electron chi connectivity index (χ3n) is 3.30. The highest BCUT2D eigenvalue weighted by Crippen LogP contribution is 2.33. The van der Waals surface area contributed by atoms with Gasteiger partial charge in [-0.3, -0.25) is 4.98 Å². The predicted molar refractivity (Wildman–Crippen MR) is 70.5 cm³/mol. The predicted octanol–water partition coefficient (Wildman–Crippen LogP) is 2.26. The highest BCUT2D eigenvalue weighted by atomic mass is 16.5. The molecule has 1 aliphatic heterocycles. The van der Waals surface area contributed by atoms with E-state index in [1.54, 1.807) is 6.20 Å². The number of nitrogens with two attached hydrogens (primary N) is 1. The number of ether oxygens (including phenoxy) is 1. The number of aromatic nitrogens is 1. The van der Waals surface area contributed by atoms with Crippen LogP contribution in [-0.4, -0.2) is 11.6 Å². The summed E-state index contributed by atoms with van der Waals surface area (Å²) in [5.41, 5.74) is 9.66. The van der Waals surface area contributed by atoms with Gasteiger partial charge in [-0.15, -0.1) is 0 Å². The van der Waals surface area contributed by atoms with Crippen LogP contribution < -0.4 is 10.5 Å². The maximum atomic E-state index is 6.28. The maximum Gasteiger partial charge on any atom is 0.127 e. The Morgan fingerprint density at radius 2 is 2.17 bits per heavy atom. The summed E-state index contributed by atoms with van der Waals surface area (Å²) in [6.45, 7) is 0.767. The minimum Gasteiger partial charge on any atom is -0.493 e. The Bertz CT molecular complexity index is 539. The molecule has 0 bridgehead atoms. The molecule has 0 spiro atoms. The number of hydrogen-bond acceptors (Lipinski definition) is 3. The van der Waals surface area contributed by atoms with E-state index in [2.05, 4.69) is 23.2 Å². The van der Waals surface area contributed by atoms with Gasteiger partial charge in [0.25, 0.3) is 0 Å². The molecular formula is C15H16N2O. The molecule has 0 aliphatic carbocycles. The molecule has 0 radical (unpaired) electrons. The van der Waals surface area contributed by atoms with Gasteiger partial charge in [-0.05, 0) is 17.7 Å². The van der Waals surface area contributed by atoms with Crippen LogP contribution in [0.4, 0.5) is 0 Å². The lowest BCUT2D eigenvalue weighted by molar-refractivity contribution is 0.351. The second-order valence-electron chi connectivity index (χ2n) is 4.57. The molecule has 0 saturated heterocycles. The van der Waals surface area contributed by atoms with Crippen LogP contribution in [-0.2, 0) is 12.8 Å². The van der Waals surface area contributed by atoms with E-state index in [4.69, 9.17) is 10.5 Å². The summed E-state index contributed by atoms with van der Waals surface area (Å²) in [5, 5.41) is 0. The van der Waals surface area contributed by atoms with E-state index >= 15 is 0 Å². The van der Waals surface area contributed by atoms with Crippen LogP contribution in [0.25, 0.3) is 0 Å². The van der Waals surface area contributed by atoms with Crippen molar-refractivity contribution in [2.24, 2.45) is 5.73 Å². The van der Waals surface area contributed by atoms with Gasteiger partial charge in [0, 0.05) is 36.3 Å². The Hall–Kier alpha value is -1.87. The molecule has 3 heteroatoms. The van der Waals surface area contributed by atoms with Crippen LogP contribution in [0.15, 0.2) is 42.6 Å². The Kier molecular flexibility index (Phi) is 2.99. The van der Waals surface area contributed by atoms with E-state index in [0.717, 1.165) is 36.5 Å². The molecule has 1 aromatic carbocycles.